The number of hydrogen-bond acceptors (Lipinski definition) is 0. The zero-order chi connectivity index (χ0) is 13.7. The molecule has 2 rings (SSSR count). The van der Waals surface area contributed by atoms with Crippen LogP contribution in [0, 0.1) is 41.5 Å². The summed E-state index contributed by atoms with van der Waals surface area (Å²) in [5.74, 6) is 0. The van der Waals surface area contributed by atoms with Gasteiger partial charge in [0.15, 0.2) is 0 Å². The molecule has 1 aromatic carbocycles. The average Bonchev–Trinajstić information content (AvgIpc) is 2.43. The first-order chi connectivity index (χ1) is 8.46. The van der Waals surface area contributed by atoms with Crippen molar-refractivity contribution in [3.8, 4) is 0 Å². The van der Waals surface area contributed by atoms with Gasteiger partial charge in [0.25, 0.3) is 0 Å². The predicted octanol–water partition coefficient (Wildman–Crippen LogP) is 6.51. The average molecular weight is 262 g/mol. The van der Waals surface area contributed by atoms with Gasteiger partial charge in [-0.25, -0.2) is 0 Å². The van der Waals surface area contributed by atoms with Crippen molar-refractivity contribution in [1.82, 2.24) is 0 Å². The maximum absolute atomic E-state index is 2.21. The summed E-state index contributed by atoms with van der Waals surface area (Å²) < 4.78 is 0. The van der Waals surface area contributed by atoms with Crippen molar-refractivity contribution in [2.75, 3.05) is 0 Å². The van der Waals surface area contributed by atoms with E-state index in [4.69, 9.17) is 0 Å². The van der Waals surface area contributed by atoms with E-state index in [2.05, 4.69) is 41.5 Å². The van der Waals surface area contributed by atoms with Crippen LogP contribution < -0.4 is 0 Å². The molecule has 0 nitrogen and oxygen atoms in total. The summed E-state index contributed by atoms with van der Waals surface area (Å²) in [5.41, 5.74) is 8.73. The SMILES string of the molecule is C.C1CCCCC1.Cc1c(C)c(C)c(C)c(C)c1C. The first-order valence-electron chi connectivity index (χ1n) is 7.50. The normalized spacial score (nSPS) is 14.2. The van der Waals surface area contributed by atoms with E-state index in [1.54, 1.807) is 0 Å². The molecule has 1 aliphatic rings. The van der Waals surface area contributed by atoms with E-state index in [0.29, 0.717) is 0 Å². The van der Waals surface area contributed by atoms with Gasteiger partial charge in [0.2, 0.25) is 0 Å². The van der Waals surface area contributed by atoms with Crippen LogP contribution in [0.1, 0.15) is 79.3 Å². The molecule has 1 aliphatic carbocycles. The summed E-state index contributed by atoms with van der Waals surface area (Å²) in [6.07, 6.45) is 9.00. The quantitative estimate of drug-likeness (QED) is 0.499. The molecule has 1 saturated carbocycles. The van der Waals surface area contributed by atoms with Crippen molar-refractivity contribution in [3.63, 3.8) is 0 Å². The summed E-state index contributed by atoms with van der Waals surface area (Å²) in [5, 5.41) is 0. The van der Waals surface area contributed by atoms with Crippen LogP contribution in [0.2, 0.25) is 0 Å². The minimum absolute atomic E-state index is 0. The van der Waals surface area contributed by atoms with Gasteiger partial charge in [-0.05, 0) is 74.9 Å². The maximum atomic E-state index is 2.21. The highest BCUT2D eigenvalue weighted by Crippen LogP contribution is 2.24. The van der Waals surface area contributed by atoms with Gasteiger partial charge < -0.3 is 0 Å². The molecular weight excluding hydrogens is 228 g/mol. The molecule has 0 atom stereocenters. The number of rotatable bonds is 0. The molecule has 0 unspecified atom stereocenters. The summed E-state index contributed by atoms with van der Waals surface area (Å²) in [4.78, 5) is 0. The van der Waals surface area contributed by atoms with Crippen molar-refractivity contribution in [1.29, 1.82) is 0 Å². The van der Waals surface area contributed by atoms with E-state index in [1.165, 1.54) is 71.9 Å². The molecule has 0 radical (unpaired) electrons. The Morgan fingerprint density at radius 3 is 0.579 bits per heavy atom. The monoisotopic (exact) mass is 262 g/mol. The van der Waals surface area contributed by atoms with Gasteiger partial charge >= 0.3 is 0 Å². The van der Waals surface area contributed by atoms with E-state index in [9.17, 15) is 0 Å². The van der Waals surface area contributed by atoms with Crippen LogP contribution >= 0.6 is 0 Å². The first kappa shape index (κ1) is 18.2. The van der Waals surface area contributed by atoms with Gasteiger partial charge in [-0.3, -0.25) is 0 Å². The smallest absolute Gasteiger partial charge is 0.0392 e. The molecule has 0 amide bonds. The lowest BCUT2D eigenvalue weighted by Gasteiger charge is -2.15. The van der Waals surface area contributed by atoms with E-state index in [0.717, 1.165) is 0 Å². The zero-order valence-electron chi connectivity index (χ0n) is 13.2. The van der Waals surface area contributed by atoms with E-state index in [-0.39, 0.29) is 7.43 Å². The zero-order valence-corrected chi connectivity index (χ0v) is 13.2. The highest BCUT2D eigenvalue weighted by atomic mass is 14.1. The van der Waals surface area contributed by atoms with Crippen molar-refractivity contribution in [3.05, 3.63) is 33.4 Å². The molecule has 0 aliphatic heterocycles. The summed E-state index contributed by atoms with van der Waals surface area (Å²) in [6.45, 7) is 13.3. The Labute approximate surface area is 121 Å². The Morgan fingerprint density at radius 1 is 0.368 bits per heavy atom. The van der Waals surface area contributed by atoms with Gasteiger partial charge in [0.05, 0.1) is 0 Å². The molecule has 0 aromatic heterocycles. The Kier molecular flexibility index (Phi) is 8.06. The van der Waals surface area contributed by atoms with Crippen LogP contribution in [0.3, 0.4) is 0 Å². The second-order valence-corrected chi connectivity index (χ2v) is 5.87. The van der Waals surface area contributed by atoms with E-state index < -0.39 is 0 Å². The fraction of sp³-hybridized carbons (Fsp3) is 0.684. The van der Waals surface area contributed by atoms with Gasteiger partial charge in [0.1, 0.15) is 0 Å². The molecule has 0 bridgehead atoms. The fourth-order valence-corrected chi connectivity index (χ4v) is 2.75. The third kappa shape index (κ3) is 4.67. The Bertz CT molecular complexity index is 278. The first-order valence-corrected chi connectivity index (χ1v) is 7.50. The van der Waals surface area contributed by atoms with E-state index in [1.807, 2.05) is 0 Å². The van der Waals surface area contributed by atoms with Crippen LogP contribution in [-0.2, 0) is 0 Å². The molecule has 0 N–H and O–H groups in total. The van der Waals surface area contributed by atoms with Gasteiger partial charge in [-0.2, -0.15) is 0 Å². The number of benzene rings is 1. The Hall–Kier alpha value is -0.780. The molecule has 1 aromatic rings. The number of hydrogen-bond donors (Lipinski definition) is 0. The topological polar surface area (TPSA) is 0 Å². The summed E-state index contributed by atoms with van der Waals surface area (Å²) >= 11 is 0. The Balaban J connectivity index is 0.000000392. The highest BCUT2D eigenvalue weighted by Gasteiger charge is 2.07. The fourth-order valence-electron chi connectivity index (χ4n) is 2.75. The molecule has 0 heterocycles. The largest absolute Gasteiger partial charge is 0.0776 e. The van der Waals surface area contributed by atoms with Crippen molar-refractivity contribution in [2.24, 2.45) is 0 Å². The molecule has 110 valence electrons. The van der Waals surface area contributed by atoms with Gasteiger partial charge in [-0.15, -0.1) is 0 Å². The van der Waals surface area contributed by atoms with Crippen LogP contribution in [0.5, 0.6) is 0 Å². The standard InChI is InChI=1S/C12H18.C6H12.CH4/c1-7-8(2)10(4)12(6)11(5)9(7)3;1-2-4-6-5-3-1;/h1-6H3;1-6H2;1H4. The lowest BCUT2D eigenvalue weighted by molar-refractivity contribution is 0.504. The third-order valence-corrected chi connectivity index (χ3v) is 4.88. The highest BCUT2D eigenvalue weighted by molar-refractivity contribution is 5.48. The maximum Gasteiger partial charge on any atom is -0.0392 e. The van der Waals surface area contributed by atoms with Crippen molar-refractivity contribution in [2.45, 2.75) is 87.5 Å². The lowest BCUT2D eigenvalue weighted by Crippen LogP contribution is -1.98. The minimum atomic E-state index is 0. The van der Waals surface area contributed by atoms with Gasteiger partial charge in [0, 0.05) is 0 Å². The Morgan fingerprint density at radius 2 is 0.474 bits per heavy atom. The predicted molar refractivity (Wildman–Crippen MR) is 89.3 cm³/mol. The van der Waals surface area contributed by atoms with Gasteiger partial charge in [-0.1, -0.05) is 46.0 Å². The molecule has 19 heavy (non-hydrogen) atoms. The minimum Gasteiger partial charge on any atom is -0.0776 e. The molecule has 1 fully saturated rings. The van der Waals surface area contributed by atoms with E-state index >= 15 is 0 Å². The lowest BCUT2D eigenvalue weighted by atomic mass is 9.90. The second-order valence-electron chi connectivity index (χ2n) is 5.87. The van der Waals surface area contributed by atoms with Crippen LogP contribution in [0.15, 0.2) is 0 Å². The summed E-state index contributed by atoms with van der Waals surface area (Å²) in [7, 11) is 0. The molecule has 0 heteroatoms. The van der Waals surface area contributed by atoms with Crippen molar-refractivity contribution < 1.29 is 0 Å². The van der Waals surface area contributed by atoms with Crippen LogP contribution in [0.25, 0.3) is 0 Å². The van der Waals surface area contributed by atoms with Crippen LogP contribution in [-0.4, -0.2) is 0 Å². The molecule has 0 spiro atoms. The molecule has 0 saturated heterocycles. The van der Waals surface area contributed by atoms with Crippen LogP contribution in [0.4, 0.5) is 0 Å². The second kappa shape index (κ2) is 8.40. The third-order valence-electron chi connectivity index (χ3n) is 4.88. The van der Waals surface area contributed by atoms with Crippen molar-refractivity contribution >= 4 is 0 Å². The molecular formula is C19H34. The summed E-state index contributed by atoms with van der Waals surface area (Å²) in [6, 6.07) is 0.